The Bertz CT molecular complexity index is 468. The number of carbonyl (C=O) groups excluding carboxylic acids is 1. The van der Waals surface area contributed by atoms with Crippen LogP contribution < -0.4 is 15.8 Å². The van der Waals surface area contributed by atoms with E-state index in [0.717, 1.165) is 32.5 Å². The van der Waals surface area contributed by atoms with Crippen LogP contribution in [0.25, 0.3) is 0 Å². The SMILES string of the molecule is COc1cc(N)cc(C(=O)NCC2CCN(C)CC2)c1. The molecule has 0 unspecified atom stereocenters. The van der Waals surface area contributed by atoms with Crippen LogP contribution in [0.15, 0.2) is 18.2 Å². The van der Waals surface area contributed by atoms with Gasteiger partial charge in [-0.15, -0.1) is 0 Å². The van der Waals surface area contributed by atoms with Crippen molar-refractivity contribution in [3.63, 3.8) is 0 Å². The molecule has 1 saturated heterocycles. The average molecular weight is 277 g/mol. The van der Waals surface area contributed by atoms with Crippen LogP contribution in [-0.4, -0.2) is 44.6 Å². The lowest BCUT2D eigenvalue weighted by Gasteiger charge is -2.28. The van der Waals surface area contributed by atoms with Gasteiger partial charge in [-0.25, -0.2) is 0 Å². The van der Waals surface area contributed by atoms with E-state index in [-0.39, 0.29) is 5.91 Å². The maximum Gasteiger partial charge on any atom is 0.251 e. The molecule has 20 heavy (non-hydrogen) atoms. The monoisotopic (exact) mass is 277 g/mol. The molecule has 0 spiro atoms. The smallest absolute Gasteiger partial charge is 0.251 e. The molecule has 3 N–H and O–H groups in total. The third-order valence-electron chi connectivity index (χ3n) is 3.82. The minimum atomic E-state index is -0.0884. The highest BCUT2D eigenvalue weighted by atomic mass is 16.5. The lowest BCUT2D eigenvalue weighted by Crippen LogP contribution is -2.36. The number of piperidine rings is 1. The number of nitrogens with zero attached hydrogens (tertiary/aromatic N) is 1. The van der Waals surface area contributed by atoms with Crippen molar-refractivity contribution in [2.24, 2.45) is 5.92 Å². The fraction of sp³-hybridized carbons (Fsp3) is 0.533. The molecule has 1 heterocycles. The van der Waals surface area contributed by atoms with Crippen molar-refractivity contribution in [1.82, 2.24) is 10.2 Å². The van der Waals surface area contributed by atoms with Gasteiger partial charge in [-0.1, -0.05) is 0 Å². The molecule has 0 saturated carbocycles. The summed E-state index contributed by atoms with van der Waals surface area (Å²) in [6.07, 6.45) is 2.27. The number of hydrogen-bond donors (Lipinski definition) is 2. The molecule has 1 aromatic rings. The van der Waals surface area contributed by atoms with E-state index in [2.05, 4.69) is 17.3 Å². The Kier molecular flexibility index (Phi) is 4.84. The number of anilines is 1. The fourth-order valence-electron chi connectivity index (χ4n) is 2.48. The Balaban J connectivity index is 1.90. The number of rotatable bonds is 4. The van der Waals surface area contributed by atoms with E-state index in [0.29, 0.717) is 22.9 Å². The van der Waals surface area contributed by atoms with Gasteiger partial charge in [0.15, 0.2) is 0 Å². The Hall–Kier alpha value is -1.75. The zero-order valence-corrected chi connectivity index (χ0v) is 12.2. The molecule has 1 aliphatic heterocycles. The molecular weight excluding hydrogens is 254 g/mol. The number of likely N-dealkylation sites (tertiary alicyclic amines) is 1. The number of benzene rings is 1. The summed E-state index contributed by atoms with van der Waals surface area (Å²) < 4.78 is 5.13. The first-order valence-corrected chi connectivity index (χ1v) is 7.00. The van der Waals surface area contributed by atoms with E-state index in [1.54, 1.807) is 25.3 Å². The van der Waals surface area contributed by atoms with Crippen molar-refractivity contribution in [3.05, 3.63) is 23.8 Å². The highest BCUT2D eigenvalue weighted by Crippen LogP contribution is 2.19. The first-order valence-electron chi connectivity index (χ1n) is 7.00. The van der Waals surface area contributed by atoms with Crippen LogP contribution in [-0.2, 0) is 0 Å². The van der Waals surface area contributed by atoms with Gasteiger partial charge in [-0.2, -0.15) is 0 Å². The van der Waals surface area contributed by atoms with Crippen molar-refractivity contribution in [3.8, 4) is 5.75 Å². The maximum absolute atomic E-state index is 12.1. The number of nitrogens with two attached hydrogens (primary N) is 1. The van der Waals surface area contributed by atoms with E-state index in [9.17, 15) is 4.79 Å². The molecule has 0 atom stereocenters. The van der Waals surface area contributed by atoms with Gasteiger partial charge in [0.05, 0.1) is 7.11 Å². The maximum atomic E-state index is 12.1. The summed E-state index contributed by atoms with van der Waals surface area (Å²) in [5.74, 6) is 1.09. The number of ether oxygens (including phenoxy) is 1. The summed E-state index contributed by atoms with van der Waals surface area (Å²) in [7, 11) is 3.70. The summed E-state index contributed by atoms with van der Waals surface area (Å²) in [5, 5.41) is 2.99. The predicted molar refractivity (Wildman–Crippen MR) is 80.0 cm³/mol. The summed E-state index contributed by atoms with van der Waals surface area (Å²) >= 11 is 0. The predicted octanol–water partition coefficient (Wildman–Crippen LogP) is 1.35. The quantitative estimate of drug-likeness (QED) is 0.815. The molecule has 110 valence electrons. The standard InChI is InChI=1S/C15H23N3O2/c1-18-5-3-11(4-6-18)10-17-15(19)12-7-13(16)9-14(8-12)20-2/h7-9,11H,3-6,10,16H2,1-2H3,(H,17,19). The Morgan fingerprint density at radius 1 is 1.40 bits per heavy atom. The van der Waals surface area contributed by atoms with Gasteiger partial charge in [-0.3, -0.25) is 4.79 Å². The fourth-order valence-corrected chi connectivity index (χ4v) is 2.48. The molecule has 0 radical (unpaired) electrons. The molecule has 1 fully saturated rings. The highest BCUT2D eigenvalue weighted by molar-refractivity contribution is 5.95. The van der Waals surface area contributed by atoms with Crippen LogP contribution in [0.4, 0.5) is 5.69 Å². The highest BCUT2D eigenvalue weighted by Gasteiger charge is 2.17. The van der Waals surface area contributed by atoms with Crippen LogP contribution >= 0.6 is 0 Å². The van der Waals surface area contributed by atoms with E-state index < -0.39 is 0 Å². The van der Waals surface area contributed by atoms with Crippen LogP contribution in [0.5, 0.6) is 5.75 Å². The molecule has 1 aliphatic rings. The van der Waals surface area contributed by atoms with Crippen LogP contribution in [0, 0.1) is 5.92 Å². The molecule has 5 heteroatoms. The number of amides is 1. The largest absolute Gasteiger partial charge is 0.497 e. The second-order valence-electron chi connectivity index (χ2n) is 5.45. The summed E-state index contributed by atoms with van der Waals surface area (Å²) in [6.45, 7) is 2.93. The number of methoxy groups -OCH3 is 1. The summed E-state index contributed by atoms with van der Waals surface area (Å²) in [4.78, 5) is 14.5. The van der Waals surface area contributed by atoms with Crippen molar-refractivity contribution in [2.45, 2.75) is 12.8 Å². The second-order valence-corrected chi connectivity index (χ2v) is 5.45. The van der Waals surface area contributed by atoms with Gasteiger partial charge in [0.2, 0.25) is 0 Å². The van der Waals surface area contributed by atoms with Crippen LogP contribution in [0.3, 0.4) is 0 Å². The molecule has 1 amide bonds. The van der Waals surface area contributed by atoms with Gasteiger partial charge in [0.25, 0.3) is 5.91 Å². The topological polar surface area (TPSA) is 67.6 Å². The van der Waals surface area contributed by atoms with Gasteiger partial charge in [0, 0.05) is 23.9 Å². The first-order chi connectivity index (χ1) is 9.58. The minimum Gasteiger partial charge on any atom is -0.497 e. The van der Waals surface area contributed by atoms with Crippen molar-refractivity contribution >= 4 is 11.6 Å². The number of nitrogen functional groups attached to an aromatic ring is 1. The van der Waals surface area contributed by atoms with Crippen molar-refractivity contribution in [2.75, 3.05) is 39.5 Å². The normalized spacial score (nSPS) is 16.9. The van der Waals surface area contributed by atoms with E-state index >= 15 is 0 Å². The zero-order valence-electron chi connectivity index (χ0n) is 12.2. The Labute approximate surface area is 120 Å². The van der Waals surface area contributed by atoms with E-state index in [1.807, 2.05) is 0 Å². The van der Waals surface area contributed by atoms with Gasteiger partial charge in [0.1, 0.15) is 5.75 Å². The average Bonchev–Trinajstić information content (AvgIpc) is 2.45. The molecular formula is C15H23N3O2. The van der Waals surface area contributed by atoms with E-state index in [1.165, 1.54) is 0 Å². The van der Waals surface area contributed by atoms with Crippen molar-refractivity contribution in [1.29, 1.82) is 0 Å². The number of hydrogen-bond acceptors (Lipinski definition) is 4. The molecule has 1 aromatic carbocycles. The van der Waals surface area contributed by atoms with Gasteiger partial charge >= 0.3 is 0 Å². The number of nitrogens with one attached hydrogen (secondary N) is 1. The van der Waals surface area contributed by atoms with Gasteiger partial charge < -0.3 is 20.7 Å². The van der Waals surface area contributed by atoms with Gasteiger partial charge in [-0.05, 0) is 51.0 Å². The van der Waals surface area contributed by atoms with Crippen LogP contribution in [0.2, 0.25) is 0 Å². The summed E-state index contributed by atoms with van der Waals surface area (Å²) in [6, 6.07) is 5.08. The van der Waals surface area contributed by atoms with Crippen LogP contribution in [0.1, 0.15) is 23.2 Å². The Morgan fingerprint density at radius 2 is 2.10 bits per heavy atom. The minimum absolute atomic E-state index is 0.0884. The number of carbonyl (C=O) groups is 1. The Morgan fingerprint density at radius 3 is 2.75 bits per heavy atom. The van der Waals surface area contributed by atoms with E-state index in [4.69, 9.17) is 10.5 Å². The summed E-state index contributed by atoms with van der Waals surface area (Å²) in [5.41, 5.74) is 6.85. The third-order valence-corrected chi connectivity index (χ3v) is 3.82. The first kappa shape index (κ1) is 14.7. The van der Waals surface area contributed by atoms with Crippen molar-refractivity contribution < 1.29 is 9.53 Å². The molecule has 0 aliphatic carbocycles. The lowest BCUT2D eigenvalue weighted by molar-refractivity contribution is 0.0938. The third kappa shape index (κ3) is 3.87. The lowest BCUT2D eigenvalue weighted by atomic mass is 9.97. The second kappa shape index (κ2) is 6.61. The molecule has 5 nitrogen and oxygen atoms in total. The molecule has 0 aromatic heterocycles. The molecule has 0 bridgehead atoms. The zero-order chi connectivity index (χ0) is 14.5. The molecule has 2 rings (SSSR count).